The van der Waals surface area contributed by atoms with E-state index >= 15 is 0 Å². The van der Waals surface area contributed by atoms with Gasteiger partial charge in [0.25, 0.3) is 0 Å². The Hall–Kier alpha value is -2.16. The van der Waals surface area contributed by atoms with E-state index in [1.807, 2.05) is 42.5 Å². The van der Waals surface area contributed by atoms with Gasteiger partial charge in [-0.2, -0.15) is 0 Å². The van der Waals surface area contributed by atoms with Crippen molar-refractivity contribution < 1.29 is 9.59 Å². The Morgan fingerprint density at radius 1 is 1.10 bits per heavy atom. The average Bonchev–Trinajstić information content (AvgIpc) is 2.46. The third-order valence-corrected chi connectivity index (χ3v) is 3.39. The third-order valence-electron chi connectivity index (χ3n) is 3.39. The number of carbonyl (C=O) groups is 2. The number of amides is 1. The fourth-order valence-corrected chi connectivity index (χ4v) is 2.21. The molecule has 0 saturated carbocycles. The van der Waals surface area contributed by atoms with E-state index in [2.05, 4.69) is 5.32 Å². The molecule has 1 N–H and O–H groups in total. The second-order valence-electron chi connectivity index (χ2n) is 4.97. The summed E-state index contributed by atoms with van der Waals surface area (Å²) in [4.78, 5) is 23.4. The molecule has 0 fully saturated rings. The second kappa shape index (κ2) is 6.33. The smallest absolute Gasteiger partial charge is 0.224 e. The Morgan fingerprint density at radius 3 is 2.50 bits per heavy atom. The highest BCUT2D eigenvalue weighted by molar-refractivity contribution is 5.90. The molecular weight excluding hydrogens is 250 g/mol. The Balaban J connectivity index is 2.04. The van der Waals surface area contributed by atoms with Gasteiger partial charge >= 0.3 is 0 Å². The lowest BCUT2D eigenvalue weighted by Gasteiger charge is -2.12. The Morgan fingerprint density at radius 2 is 1.80 bits per heavy atom. The van der Waals surface area contributed by atoms with Crippen LogP contribution in [0.15, 0.2) is 42.5 Å². The van der Waals surface area contributed by atoms with Gasteiger partial charge in [-0.05, 0) is 23.3 Å². The molecule has 0 radical (unpaired) electrons. The molecule has 1 unspecified atom stereocenters. The van der Waals surface area contributed by atoms with E-state index in [0.717, 1.165) is 16.3 Å². The van der Waals surface area contributed by atoms with Gasteiger partial charge in [0, 0.05) is 6.42 Å². The number of fused-ring (bicyclic) bond motifs is 1. The second-order valence-corrected chi connectivity index (χ2v) is 4.97. The predicted octanol–water partition coefficient (Wildman–Crippen LogP) is 2.87. The molecule has 2 aromatic rings. The molecule has 0 aliphatic heterocycles. The zero-order chi connectivity index (χ0) is 14.5. The molecule has 2 rings (SSSR count). The molecular formula is C17H19NO2. The number of ketones is 1. The van der Waals surface area contributed by atoms with Crippen LogP contribution in [0.25, 0.3) is 10.8 Å². The van der Waals surface area contributed by atoms with E-state index in [-0.39, 0.29) is 11.7 Å². The molecule has 3 nitrogen and oxygen atoms in total. The van der Waals surface area contributed by atoms with Crippen LogP contribution in [0.3, 0.4) is 0 Å². The van der Waals surface area contributed by atoms with Crippen LogP contribution in [-0.2, 0) is 16.0 Å². The van der Waals surface area contributed by atoms with Crippen molar-refractivity contribution in [2.45, 2.75) is 32.7 Å². The van der Waals surface area contributed by atoms with Crippen molar-refractivity contribution in [2.24, 2.45) is 0 Å². The first-order chi connectivity index (χ1) is 9.60. The van der Waals surface area contributed by atoms with Gasteiger partial charge in [-0.25, -0.2) is 0 Å². The Labute approximate surface area is 119 Å². The summed E-state index contributed by atoms with van der Waals surface area (Å²) < 4.78 is 0. The maximum absolute atomic E-state index is 11.9. The van der Waals surface area contributed by atoms with Gasteiger partial charge < -0.3 is 5.32 Å². The van der Waals surface area contributed by atoms with E-state index in [4.69, 9.17) is 0 Å². The normalized spacial score (nSPS) is 12.1. The largest absolute Gasteiger partial charge is 0.346 e. The lowest BCUT2D eigenvalue weighted by molar-refractivity contribution is -0.126. The maximum atomic E-state index is 11.9. The molecule has 1 atom stereocenters. The third kappa shape index (κ3) is 3.44. The first-order valence-corrected chi connectivity index (χ1v) is 6.90. The summed E-state index contributed by atoms with van der Waals surface area (Å²) in [5.41, 5.74) is 0.956. The topological polar surface area (TPSA) is 46.2 Å². The van der Waals surface area contributed by atoms with Gasteiger partial charge in [-0.1, -0.05) is 49.4 Å². The SMILES string of the molecule is CCC(=O)C(C)NC(=O)Cc1ccc2ccccc2c1. The summed E-state index contributed by atoms with van der Waals surface area (Å²) in [5.74, 6) is -0.0635. The number of Topliss-reactive ketones (excluding diaryl/α,β-unsaturated/α-hetero) is 1. The van der Waals surface area contributed by atoms with Crippen LogP contribution >= 0.6 is 0 Å². The van der Waals surface area contributed by atoms with Crippen LogP contribution in [0.2, 0.25) is 0 Å². The molecule has 2 aromatic carbocycles. The van der Waals surface area contributed by atoms with Crippen molar-refractivity contribution in [3.63, 3.8) is 0 Å². The van der Waals surface area contributed by atoms with Gasteiger partial charge in [0.2, 0.25) is 5.91 Å². The summed E-state index contributed by atoms with van der Waals surface area (Å²) in [7, 11) is 0. The van der Waals surface area contributed by atoms with E-state index in [1.54, 1.807) is 13.8 Å². The van der Waals surface area contributed by atoms with E-state index in [9.17, 15) is 9.59 Å². The van der Waals surface area contributed by atoms with Gasteiger partial charge in [0.05, 0.1) is 12.5 Å². The van der Waals surface area contributed by atoms with Crippen LogP contribution < -0.4 is 5.32 Å². The molecule has 0 spiro atoms. The van der Waals surface area contributed by atoms with Crippen molar-refractivity contribution in [1.29, 1.82) is 0 Å². The van der Waals surface area contributed by atoms with E-state index in [0.29, 0.717) is 12.8 Å². The van der Waals surface area contributed by atoms with Crippen molar-refractivity contribution in [2.75, 3.05) is 0 Å². The zero-order valence-electron chi connectivity index (χ0n) is 11.8. The lowest BCUT2D eigenvalue weighted by Crippen LogP contribution is -2.39. The van der Waals surface area contributed by atoms with Crippen LogP contribution in [0.5, 0.6) is 0 Å². The zero-order valence-corrected chi connectivity index (χ0v) is 11.8. The van der Waals surface area contributed by atoms with Crippen LogP contribution in [0.4, 0.5) is 0 Å². The molecule has 0 saturated heterocycles. The van der Waals surface area contributed by atoms with Gasteiger partial charge in [-0.15, -0.1) is 0 Å². The molecule has 20 heavy (non-hydrogen) atoms. The fraction of sp³-hybridized carbons (Fsp3) is 0.294. The quantitative estimate of drug-likeness (QED) is 0.907. The molecule has 0 heterocycles. The predicted molar refractivity (Wildman–Crippen MR) is 80.6 cm³/mol. The molecule has 3 heteroatoms. The Kier molecular flexibility index (Phi) is 4.51. The minimum atomic E-state index is -0.409. The van der Waals surface area contributed by atoms with Crippen LogP contribution in [0.1, 0.15) is 25.8 Å². The Bertz CT molecular complexity index is 634. The average molecular weight is 269 g/mol. The number of carbonyl (C=O) groups excluding carboxylic acids is 2. The summed E-state index contributed by atoms with van der Waals surface area (Å²) in [6.45, 7) is 3.53. The van der Waals surface area contributed by atoms with Gasteiger partial charge in [0.1, 0.15) is 0 Å². The molecule has 0 aliphatic rings. The fourth-order valence-electron chi connectivity index (χ4n) is 2.21. The van der Waals surface area contributed by atoms with Crippen LogP contribution in [-0.4, -0.2) is 17.7 Å². The highest BCUT2D eigenvalue weighted by Crippen LogP contribution is 2.15. The molecule has 104 valence electrons. The van der Waals surface area contributed by atoms with Crippen molar-refractivity contribution >= 4 is 22.5 Å². The van der Waals surface area contributed by atoms with E-state index in [1.165, 1.54) is 0 Å². The number of benzene rings is 2. The first kappa shape index (κ1) is 14.3. The van der Waals surface area contributed by atoms with Crippen LogP contribution in [0, 0.1) is 0 Å². The van der Waals surface area contributed by atoms with Crippen molar-refractivity contribution in [3.8, 4) is 0 Å². The van der Waals surface area contributed by atoms with Gasteiger partial charge in [0.15, 0.2) is 5.78 Å². The van der Waals surface area contributed by atoms with E-state index < -0.39 is 6.04 Å². The van der Waals surface area contributed by atoms with Crippen molar-refractivity contribution in [3.05, 3.63) is 48.0 Å². The molecule has 0 aliphatic carbocycles. The number of hydrogen-bond acceptors (Lipinski definition) is 2. The van der Waals surface area contributed by atoms with Crippen molar-refractivity contribution in [1.82, 2.24) is 5.32 Å². The number of nitrogens with one attached hydrogen (secondary N) is 1. The minimum Gasteiger partial charge on any atom is -0.346 e. The highest BCUT2D eigenvalue weighted by atomic mass is 16.2. The standard InChI is InChI=1S/C17H19NO2/c1-3-16(19)12(2)18-17(20)11-13-8-9-14-6-4-5-7-15(14)10-13/h4-10,12H,3,11H2,1-2H3,(H,18,20). The van der Waals surface area contributed by atoms with Gasteiger partial charge in [-0.3, -0.25) is 9.59 Å². The molecule has 1 amide bonds. The lowest BCUT2D eigenvalue weighted by atomic mass is 10.0. The summed E-state index contributed by atoms with van der Waals surface area (Å²) in [6, 6.07) is 13.6. The summed E-state index contributed by atoms with van der Waals surface area (Å²) in [5, 5.41) is 5.02. The maximum Gasteiger partial charge on any atom is 0.224 e. The summed E-state index contributed by atoms with van der Waals surface area (Å²) in [6.07, 6.45) is 0.740. The molecule has 0 aromatic heterocycles. The summed E-state index contributed by atoms with van der Waals surface area (Å²) >= 11 is 0. The highest BCUT2D eigenvalue weighted by Gasteiger charge is 2.13. The first-order valence-electron chi connectivity index (χ1n) is 6.90. The monoisotopic (exact) mass is 269 g/mol. The molecule has 0 bridgehead atoms. The minimum absolute atomic E-state index is 0.0526. The number of rotatable bonds is 5. The number of hydrogen-bond donors (Lipinski definition) is 1.